The van der Waals surface area contributed by atoms with Crippen molar-refractivity contribution in [1.82, 2.24) is 10.4 Å². The van der Waals surface area contributed by atoms with Crippen LogP contribution in [-0.4, -0.2) is 38.2 Å². The number of hydrogen-bond donors (Lipinski definition) is 1. The van der Waals surface area contributed by atoms with Crippen LogP contribution in [0.5, 0.6) is 0 Å². The molecule has 0 spiro atoms. The standard InChI is InChI=1S/C7H16N2O/c1-9-5-3-7(4-6-9)8-10-2/h7-8H,3-6H2,1-2H3. The van der Waals surface area contributed by atoms with E-state index in [0.717, 1.165) is 0 Å². The van der Waals surface area contributed by atoms with Crippen molar-refractivity contribution >= 4 is 0 Å². The summed E-state index contributed by atoms with van der Waals surface area (Å²) in [5, 5.41) is 0. The van der Waals surface area contributed by atoms with Gasteiger partial charge in [-0.2, -0.15) is 5.48 Å². The zero-order chi connectivity index (χ0) is 7.40. The zero-order valence-corrected chi connectivity index (χ0v) is 6.76. The van der Waals surface area contributed by atoms with E-state index in [-0.39, 0.29) is 0 Å². The van der Waals surface area contributed by atoms with Gasteiger partial charge in [-0.05, 0) is 33.0 Å². The molecule has 1 fully saturated rings. The summed E-state index contributed by atoms with van der Waals surface area (Å²) in [6.07, 6.45) is 2.40. The monoisotopic (exact) mass is 144 g/mol. The molecule has 0 aliphatic carbocycles. The molecule has 1 aliphatic rings. The molecule has 60 valence electrons. The van der Waals surface area contributed by atoms with Gasteiger partial charge in [-0.1, -0.05) is 0 Å². The highest BCUT2D eigenvalue weighted by atomic mass is 16.6. The van der Waals surface area contributed by atoms with Crippen LogP contribution >= 0.6 is 0 Å². The summed E-state index contributed by atoms with van der Waals surface area (Å²) in [7, 11) is 3.83. The van der Waals surface area contributed by atoms with Crippen LogP contribution in [0.15, 0.2) is 0 Å². The SMILES string of the molecule is CONC1CCN(C)CC1. The molecule has 3 nitrogen and oxygen atoms in total. The van der Waals surface area contributed by atoms with Gasteiger partial charge in [-0.25, -0.2) is 0 Å². The van der Waals surface area contributed by atoms with Gasteiger partial charge in [0.05, 0.1) is 7.11 Å². The van der Waals surface area contributed by atoms with Gasteiger partial charge >= 0.3 is 0 Å². The maximum atomic E-state index is 4.85. The van der Waals surface area contributed by atoms with Crippen LogP contribution in [0, 0.1) is 0 Å². The summed E-state index contributed by atoms with van der Waals surface area (Å²) in [4.78, 5) is 7.19. The average Bonchev–Trinajstić information content (AvgIpc) is 1.95. The molecule has 0 saturated carbocycles. The molecule has 1 rings (SSSR count). The minimum atomic E-state index is 0.571. The van der Waals surface area contributed by atoms with E-state index in [2.05, 4.69) is 17.4 Å². The van der Waals surface area contributed by atoms with Gasteiger partial charge in [0.25, 0.3) is 0 Å². The first-order chi connectivity index (χ1) is 4.83. The number of likely N-dealkylation sites (tertiary alicyclic amines) is 1. The quantitative estimate of drug-likeness (QED) is 0.561. The lowest BCUT2D eigenvalue weighted by atomic mass is 10.1. The molecule has 0 amide bonds. The number of rotatable bonds is 2. The van der Waals surface area contributed by atoms with E-state index < -0.39 is 0 Å². The fraction of sp³-hybridized carbons (Fsp3) is 1.00. The first kappa shape index (κ1) is 7.98. The van der Waals surface area contributed by atoms with Crippen LogP contribution in [0.4, 0.5) is 0 Å². The Bertz CT molecular complexity index is 89.6. The highest BCUT2D eigenvalue weighted by molar-refractivity contribution is 4.72. The van der Waals surface area contributed by atoms with Crippen molar-refractivity contribution in [2.24, 2.45) is 0 Å². The van der Waals surface area contributed by atoms with Crippen molar-refractivity contribution in [3.8, 4) is 0 Å². The Kier molecular flexibility index (Phi) is 3.12. The number of nitrogens with zero attached hydrogens (tertiary/aromatic N) is 1. The Morgan fingerprint density at radius 2 is 2.00 bits per heavy atom. The second kappa shape index (κ2) is 3.91. The van der Waals surface area contributed by atoms with Gasteiger partial charge in [-0.15, -0.1) is 0 Å². The number of nitrogens with one attached hydrogen (secondary N) is 1. The molecular formula is C7H16N2O. The lowest BCUT2D eigenvalue weighted by Gasteiger charge is -2.28. The van der Waals surface area contributed by atoms with Gasteiger partial charge in [0, 0.05) is 6.04 Å². The summed E-state index contributed by atoms with van der Waals surface area (Å²) in [5.74, 6) is 0. The number of hydroxylamine groups is 1. The van der Waals surface area contributed by atoms with Crippen LogP contribution in [-0.2, 0) is 4.84 Å². The van der Waals surface area contributed by atoms with Gasteiger partial charge in [-0.3, -0.25) is 0 Å². The third-order valence-electron chi connectivity index (χ3n) is 2.00. The zero-order valence-electron chi connectivity index (χ0n) is 6.76. The Morgan fingerprint density at radius 3 is 2.50 bits per heavy atom. The predicted octanol–water partition coefficient (Wildman–Crippen LogP) is 0.232. The second-order valence-electron chi connectivity index (χ2n) is 2.90. The largest absolute Gasteiger partial charge is 0.306 e. The van der Waals surface area contributed by atoms with E-state index >= 15 is 0 Å². The molecule has 0 aromatic carbocycles. The second-order valence-corrected chi connectivity index (χ2v) is 2.90. The molecule has 1 aliphatic heterocycles. The molecule has 1 N–H and O–H groups in total. The minimum Gasteiger partial charge on any atom is -0.306 e. The summed E-state index contributed by atoms with van der Waals surface area (Å²) >= 11 is 0. The lowest BCUT2D eigenvalue weighted by Crippen LogP contribution is -2.40. The normalized spacial score (nSPS) is 23.4. The summed E-state index contributed by atoms with van der Waals surface area (Å²) in [6.45, 7) is 2.36. The van der Waals surface area contributed by atoms with Crippen molar-refractivity contribution in [3.63, 3.8) is 0 Å². The van der Waals surface area contributed by atoms with E-state index in [1.165, 1.54) is 25.9 Å². The van der Waals surface area contributed by atoms with Crippen molar-refractivity contribution in [2.75, 3.05) is 27.2 Å². The fourth-order valence-electron chi connectivity index (χ4n) is 1.29. The van der Waals surface area contributed by atoms with E-state index in [9.17, 15) is 0 Å². The minimum absolute atomic E-state index is 0.571. The molecule has 1 saturated heterocycles. The van der Waals surface area contributed by atoms with Crippen molar-refractivity contribution < 1.29 is 4.84 Å². The molecule has 0 aromatic rings. The summed E-state index contributed by atoms with van der Waals surface area (Å²) in [5.41, 5.74) is 2.98. The van der Waals surface area contributed by atoms with Crippen LogP contribution in [0.3, 0.4) is 0 Å². The fourth-order valence-corrected chi connectivity index (χ4v) is 1.29. The van der Waals surface area contributed by atoms with E-state index in [0.29, 0.717) is 6.04 Å². The maximum Gasteiger partial charge on any atom is 0.0572 e. The molecule has 3 heteroatoms. The van der Waals surface area contributed by atoms with Crippen molar-refractivity contribution in [2.45, 2.75) is 18.9 Å². The van der Waals surface area contributed by atoms with Crippen molar-refractivity contribution in [1.29, 1.82) is 0 Å². The average molecular weight is 144 g/mol. The van der Waals surface area contributed by atoms with Crippen LogP contribution in [0.1, 0.15) is 12.8 Å². The maximum absolute atomic E-state index is 4.85. The third-order valence-corrected chi connectivity index (χ3v) is 2.00. The Hall–Kier alpha value is -0.120. The predicted molar refractivity (Wildman–Crippen MR) is 40.7 cm³/mol. The van der Waals surface area contributed by atoms with Gasteiger partial charge in [0.1, 0.15) is 0 Å². The molecule has 0 aromatic heterocycles. The molecule has 0 bridgehead atoms. The van der Waals surface area contributed by atoms with E-state index in [4.69, 9.17) is 4.84 Å². The topological polar surface area (TPSA) is 24.5 Å². The van der Waals surface area contributed by atoms with Crippen LogP contribution < -0.4 is 5.48 Å². The Morgan fingerprint density at radius 1 is 1.40 bits per heavy atom. The molecule has 10 heavy (non-hydrogen) atoms. The number of hydrogen-bond acceptors (Lipinski definition) is 3. The van der Waals surface area contributed by atoms with Gasteiger partial charge in [0.15, 0.2) is 0 Å². The third kappa shape index (κ3) is 2.25. The lowest BCUT2D eigenvalue weighted by molar-refractivity contribution is 0.0397. The number of piperidine rings is 1. The highest BCUT2D eigenvalue weighted by Crippen LogP contribution is 2.07. The van der Waals surface area contributed by atoms with E-state index in [1.807, 2.05) is 0 Å². The summed E-state index contributed by atoms with van der Waals surface area (Å²) in [6, 6.07) is 0.571. The Labute approximate surface area is 62.3 Å². The van der Waals surface area contributed by atoms with Crippen LogP contribution in [0.2, 0.25) is 0 Å². The van der Waals surface area contributed by atoms with Gasteiger partial charge in [0.2, 0.25) is 0 Å². The molecule has 1 heterocycles. The summed E-state index contributed by atoms with van der Waals surface area (Å²) < 4.78 is 0. The smallest absolute Gasteiger partial charge is 0.0572 e. The first-order valence-electron chi connectivity index (χ1n) is 3.80. The molecule has 0 atom stereocenters. The van der Waals surface area contributed by atoms with Gasteiger partial charge < -0.3 is 9.74 Å². The van der Waals surface area contributed by atoms with Crippen molar-refractivity contribution in [3.05, 3.63) is 0 Å². The van der Waals surface area contributed by atoms with Crippen LogP contribution in [0.25, 0.3) is 0 Å². The molecule has 0 unspecified atom stereocenters. The van der Waals surface area contributed by atoms with E-state index in [1.54, 1.807) is 7.11 Å². The highest BCUT2D eigenvalue weighted by Gasteiger charge is 2.15. The molecular weight excluding hydrogens is 128 g/mol. The Balaban J connectivity index is 2.13. The first-order valence-corrected chi connectivity index (χ1v) is 3.80. The molecule has 0 radical (unpaired) electrons.